The highest BCUT2D eigenvalue weighted by Crippen LogP contribution is 2.29. The largest absolute Gasteiger partial charge is 0.243 e. The van der Waals surface area contributed by atoms with Crippen molar-refractivity contribution in [3.05, 3.63) is 44.6 Å². The Hall–Kier alpha value is -1.00. The first-order chi connectivity index (χ1) is 18.7. The highest BCUT2D eigenvalue weighted by atomic mass is 79.9. The van der Waals surface area contributed by atoms with Crippen molar-refractivity contribution < 1.29 is 0 Å². The summed E-state index contributed by atoms with van der Waals surface area (Å²) in [6, 6.07) is 4.08. The molecule has 1 heterocycles. The van der Waals surface area contributed by atoms with Crippen LogP contribution in [0.25, 0.3) is 23.2 Å². The predicted octanol–water partition coefficient (Wildman–Crippen LogP) is 13.0. The number of fused-ring (bicyclic) bond motifs is 1. The molecule has 2 aromatic rings. The lowest BCUT2D eigenvalue weighted by Gasteiger charge is -2.07. The fraction of sp³-hybridized carbons (Fsp3) is 0.647. The molecule has 0 bridgehead atoms. The van der Waals surface area contributed by atoms with E-state index in [0.717, 1.165) is 44.2 Å². The van der Waals surface area contributed by atoms with Gasteiger partial charge in [0.2, 0.25) is 0 Å². The topological polar surface area (TPSA) is 25.8 Å². The molecule has 1 aromatic carbocycles. The number of halogens is 2. The smallest absolute Gasteiger partial charge is 0.105 e. The second-order valence-corrected chi connectivity index (χ2v) is 12.5. The predicted molar refractivity (Wildman–Crippen MR) is 177 cm³/mol. The summed E-state index contributed by atoms with van der Waals surface area (Å²) in [6.07, 6.45) is 35.7. The van der Waals surface area contributed by atoms with Gasteiger partial charge in [0.1, 0.15) is 11.0 Å². The van der Waals surface area contributed by atoms with E-state index in [0.29, 0.717) is 0 Å². The Morgan fingerprint density at radius 2 is 0.816 bits per heavy atom. The van der Waals surface area contributed by atoms with Crippen LogP contribution in [-0.4, -0.2) is 9.97 Å². The zero-order valence-electron chi connectivity index (χ0n) is 24.3. The highest BCUT2D eigenvalue weighted by Gasteiger charge is 2.10. The molecule has 4 heteroatoms. The molecule has 212 valence electrons. The molecule has 0 aliphatic rings. The van der Waals surface area contributed by atoms with Crippen LogP contribution in [0.3, 0.4) is 0 Å². The van der Waals surface area contributed by atoms with Gasteiger partial charge in [-0.15, -0.1) is 0 Å². The first-order valence-electron chi connectivity index (χ1n) is 15.7. The Balaban J connectivity index is 1.85. The van der Waals surface area contributed by atoms with Gasteiger partial charge in [0, 0.05) is 8.95 Å². The number of allylic oxidation sites excluding steroid dienone is 2. The van der Waals surface area contributed by atoms with Crippen molar-refractivity contribution in [3.63, 3.8) is 0 Å². The van der Waals surface area contributed by atoms with Gasteiger partial charge in [0.25, 0.3) is 0 Å². The molecular weight excluding hydrogens is 596 g/mol. The zero-order valence-corrected chi connectivity index (χ0v) is 27.4. The summed E-state index contributed by atoms with van der Waals surface area (Å²) < 4.78 is 1.98. The third-order valence-corrected chi connectivity index (χ3v) is 8.56. The molecule has 0 radical (unpaired) electrons. The molecule has 0 amide bonds. The standard InChI is InChI=1S/C34H52Br2N2/c1-3-5-7-9-11-13-15-17-19-21-23-25-31-32(38-34-30(36)28-27-29(35)33(34)37-31)26-24-22-20-18-16-14-12-10-8-6-4-2/h23-28H,3-22H2,1-2H3/b25-23+,26-24+. The van der Waals surface area contributed by atoms with E-state index in [4.69, 9.17) is 9.97 Å². The van der Waals surface area contributed by atoms with Gasteiger partial charge in [0.05, 0.1) is 11.4 Å². The van der Waals surface area contributed by atoms with Crippen LogP contribution in [-0.2, 0) is 0 Å². The Morgan fingerprint density at radius 1 is 0.500 bits per heavy atom. The van der Waals surface area contributed by atoms with Crippen LogP contribution in [0, 0.1) is 0 Å². The van der Waals surface area contributed by atoms with Crippen molar-refractivity contribution in [3.8, 4) is 0 Å². The normalized spacial score (nSPS) is 12.0. The summed E-state index contributed by atoms with van der Waals surface area (Å²) in [5.41, 5.74) is 3.77. The van der Waals surface area contributed by atoms with Crippen LogP contribution < -0.4 is 0 Å². The van der Waals surface area contributed by atoms with Crippen molar-refractivity contribution in [2.45, 2.75) is 142 Å². The molecular formula is C34H52Br2N2. The average molecular weight is 649 g/mol. The molecule has 0 saturated heterocycles. The molecule has 1 aromatic heterocycles. The third-order valence-electron chi connectivity index (χ3n) is 7.28. The SMILES string of the molecule is CCCCCCCCCCC/C=C/c1nc2c(Br)ccc(Br)c2nc1/C=C/CCCCCCCCCCC. The Labute approximate surface area is 250 Å². The fourth-order valence-electron chi connectivity index (χ4n) is 4.88. The maximum absolute atomic E-state index is 5.01. The Bertz CT molecular complexity index is 875. The van der Waals surface area contributed by atoms with Gasteiger partial charge in [-0.05, 0) is 81.8 Å². The molecule has 0 spiro atoms. The maximum atomic E-state index is 5.01. The number of unbranched alkanes of at least 4 members (excludes halogenated alkanes) is 18. The van der Waals surface area contributed by atoms with E-state index in [2.05, 4.69) is 70.0 Å². The lowest BCUT2D eigenvalue weighted by molar-refractivity contribution is 0.566. The number of hydrogen-bond acceptors (Lipinski definition) is 2. The van der Waals surface area contributed by atoms with E-state index in [1.54, 1.807) is 0 Å². The van der Waals surface area contributed by atoms with Crippen LogP contribution in [0.4, 0.5) is 0 Å². The van der Waals surface area contributed by atoms with Gasteiger partial charge in [-0.3, -0.25) is 0 Å². The van der Waals surface area contributed by atoms with Crippen molar-refractivity contribution in [1.29, 1.82) is 0 Å². The molecule has 2 rings (SSSR count). The minimum absolute atomic E-state index is 0.915. The van der Waals surface area contributed by atoms with E-state index >= 15 is 0 Å². The quantitative estimate of drug-likeness (QED) is 0.119. The minimum Gasteiger partial charge on any atom is -0.243 e. The van der Waals surface area contributed by atoms with E-state index in [-0.39, 0.29) is 0 Å². The second kappa shape index (κ2) is 21.8. The van der Waals surface area contributed by atoms with Crippen molar-refractivity contribution >= 4 is 55.0 Å². The van der Waals surface area contributed by atoms with Gasteiger partial charge in [0.15, 0.2) is 0 Å². The molecule has 0 N–H and O–H groups in total. The van der Waals surface area contributed by atoms with E-state index in [1.165, 1.54) is 116 Å². The number of hydrogen-bond donors (Lipinski definition) is 0. The second-order valence-electron chi connectivity index (χ2n) is 10.8. The van der Waals surface area contributed by atoms with Gasteiger partial charge in [-0.2, -0.15) is 0 Å². The summed E-state index contributed by atoms with van der Waals surface area (Å²) in [7, 11) is 0. The summed E-state index contributed by atoms with van der Waals surface area (Å²) >= 11 is 7.34. The van der Waals surface area contributed by atoms with Gasteiger partial charge < -0.3 is 0 Å². The Kier molecular flexibility index (Phi) is 19.0. The zero-order chi connectivity index (χ0) is 27.3. The number of nitrogens with zero attached hydrogens (tertiary/aromatic N) is 2. The minimum atomic E-state index is 0.915. The first-order valence-corrected chi connectivity index (χ1v) is 17.2. The lowest BCUT2D eigenvalue weighted by Crippen LogP contribution is -1.95. The molecule has 38 heavy (non-hydrogen) atoms. The summed E-state index contributed by atoms with van der Waals surface area (Å²) in [5.74, 6) is 0. The fourth-order valence-corrected chi connectivity index (χ4v) is 5.70. The number of rotatable bonds is 22. The molecule has 0 atom stereocenters. The molecule has 0 saturated carbocycles. The van der Waals surface area contributed by atoms with E-state index in [9.17, 15) is 0 Å². The maximum Gasteiger partial charge on any atom is 0.105 e. The third kappa shape index (κ3) is 13.9. The van der Waals surface area contributed by atoms with Crippen LogP contribution in [0.5, 0.6) is 0 Å². The van der Waals surface area contributed by atoms with Crippen LogP contribution in [0.2, 0.25) is 0 Å². The summed E-state index contributed by atoms with van der Waals surface area (Å²) in [5, 5.41) is 0. The van der Waals surface area contributed by atoms with Gasteiger partial charge in [-0.1, -0.05) is 129 Å². The summed E-state index contributed by atoms with van der Waals surface area (Å²) in [4.78, 5) is 10.0. The first kappa shape index (κ1) is 33.2. The lowest BCUT2D eigenvalue weighted by atomic mass is 10.1. The Morgan fingerprint density at radius 3 is 1.16 bits per heavy atom. The highest BCUT2D eigenvalue weighted by molar-refractivity contribution is 9.11. The molecule has 0 aliphatic carbocycles. The van der Waals surface area contributed by atoms with Crippen LogP contribution in [0.1, 0.15) is 154 Å². The van der Waals surface area contributed by atoms with E-state index in [1.807, 2.05) is 12.1 Å². The van der Waals surface area contributed by atoms with Crippen molar-refractivity contribution in [2.75, 3.05) is 0 Å². The number of benzene rings is 1. The molecule has 0 unspecified atom stereocenters. The summed E-state index contributed by atoms with van der Waals surface area (Å²) in [6.45, 7) is 4.57. The van der Waals surface area contributed by atoms with Crippen molar-refractivity contribution in [2.24, 2.45) is 0 Å². The number of aromatic nitrogens is 2. The van der Waals surface area contributed by atoms with E-state index < -0.39 is 0 Å². The molecule has 2 nitrogen and oxygen atoms in total. The molecule has 0 fully saturated rings. The van der Waals surface area contributed by atoms with Crippen molar-refractivity contribution in [1.82, 2.24) is 9.97 Å². The van der Waals surface area contributed by atoms with Crippen LogP contribution in [0.15, 0.2) is 33.2 Å². The average Bonchev–Trinajstić information content (AvgIpc) is 2.92. The monoisotopic (exact) mass is 646 g/mol. The molecule has 0 aliphatic heterocycles. The van der Waals surface area contributed by atoms with Crippen LogP contribution >= 0.6 is 31.9 Å². The van der Waals surface area contributed by atoms with Gasteiger partial charge >= 0.3 is 0 Å². The van der Waals surface area contributed by atoms with Gasteiger partial charge in [-0.25, -0.2) is 9.97 Å².